The van der Waals surface area contributed by atoms with Crippen LogP contribution in [0.5, 0.6) is 0 Å². The van der Waals surface area contributed by atoms with Gasteiger partial charge in [-0.1, -0.05) is 59.7 Å². The Labute approximate surface area is 198 Å². The van der Waals surface area contributed by atoms with Crippen molar-refractivity contribution in [2.24, 2.45) is 0 Å². The van der Waals surface area contributed by atoms with Crippen molar-refractivity contribution < 1.29 is 19.1 Å². The maximum absolute atomic E-state index is 13.7. The molecule has 2 heterocycles. The summed E-state index contributed by atoms with van der Waals surface area (Å²) in [5.74, 6) is -1.42. The number of hydrogen-bond acceptors (Lipinski definition) is 5. The van der Waals surface area contributed by atoms with Gasteiger partial charge in [-0.2, -0.15) is 0 Å². The fraction of sp³-hybridized carbons (Fsp3) is 0.308. The number of amides is 2. The Bertz CT molecular complexity index is 1230. The molecule has 1 aliphatic heterocycles. The van der Waals surface area contributed by atoms with Crippen LogP contribution in [0.1, 0.15) is 50.2 Å². The van der Waals surface area contributed by atoms with Crippen molar-refractivity contribution in [1.29, 1.82) is 0 Å². The first kappa shape index (κ1) is 23.2. The maximum Gasteiger partial charge on any atom is 0.359 e. The van der Waals surface area contributed by atoms with Crippen LogP contribution in [0, 0.1) is 13.8 Å². The van der Waals surface area contributed by atoms with E-state index in [1.165, 1.54) is 18.3 Å². The molecule has 2 amide bonds. The van der Waals surface area contributed by atoms with Gasteiger partial charge < -0.3 is 19.5 Å². The van der Waals surface area contributed by atoms with Crippen LogP contribution in [0.4, 0.5) is 0 Å². The molecule has 0 saturated carbocycles. The van der Waals surface area contributed by atoms with E-state index in [-0.39, 0.29) is 30.4 Å². The summed E-state index contributed by atoms with van der Waals surface area (Å²) >= 11 is 0. The largest absolute Gasteiger partial charge is 0.464 e. The molecule has 1 aliphatic rings. The summed E-state index contributed by atoms with van der Waals surface area (Å²) < 4.78 is 6.37. The van der Waals surface area contributed by atoms with Gasteiger partial charge in [0.05, 0.1) is 20.0 Å². The number of nitrogens with zero attached hydrogens (tertiary/aromatic N) is 3. The summed E-state index contributed by atoms with van der Waals surface area (Å²) in [6, 6.07) is 15.7. The average molecular weight is 461 g/mol. The van der Waals surface area contributed by atoms with Gasteiger partial charge in [0.1, 0.15) is 11.2 Å². The number of ether oxygens (including phenoxy) is 1. The second-order valence-electron chi connectivity index (χ2n) is 8.88. The SMILES string of the molecule is COC(=O)c1ncn2c1C(=O)N(Cc1ccc(C)cc1)[C@@](C)(C(=O)NCc1ccc(C)cc1)C2. The molecular formula is C26H28N4O4. The summed E-state index contributed by atoms with van der Waals surface area (Å²) in [7, 11) is 1.24. The van der Waals surface area contributed by atoms with E-state index in [0.29, 0.717) is 6.54 Å². The normalized spacial score (nSPS) is 17.3. The van der Waals surface area contributed by atoms with Crippen LogP contribution in [0.15, 0.2) is 54.9 Å². The van der Waals surface area contributed by atoms with Crippen LogP contribution in [-0.2, 0) is 29.2 Å². The molecule has 1 aromatic heterocycles. The molecule has 0 spiro atoms. The van der Waals surface area contributed by atoms with Crippen LogP contribution in [-0.4, -0.2) is 44.9 Å². The second kappa shape index (κ2) is 9.13. The molecule has 1 N–H and O–H groups in total. The number of fused-ring (bicyclic) bond motifs is 1. The molecule has 0 fully saturated rings. The number of aryl methyl sites for hydroxylation is 2. The summed E-state index contributed by atoms with van der Waals surface area (Å²) in [6.45, 7) is 6.43. The first-order valence-corrected chi connectivity index (χ1v) is 11.1. The minimum atomic E-state index is -1.20. The zero-order valence-corrected chi connectivity index (χ0v) is 19.8. The van der Waals surface area contributed by atoms with Crippen molar-refractivity contribution in [3.8, 4) is 0 Å². The molecule has 0 bridgehead atoms. The molecule has 0 unspecified atom stereocenters. The lowest BCUT2D eigenvalue weighted by Crippen LogP contribution is -2.63. The lowest BCUT2D eigenvalue weighted by molar-refractivity contribution is -0.133. The van der Waals surface area contributed by atoms with Crippen molar-refractivity contribution in [2.45, 2.75) is 45.9 Å². The van der Waals surface area contributed by atoms with E-state index in [9.17, 15) is 14.4 Å². The monoisotopic (exact) mass is 460 g/mol. The number of hydrogen-bond donors (Lipinski definition) is 1. The topological polar surface area (TPSA) is 93.5 Å². The van der Waals surface area contributed by atoms with Crippen molar-refractivity contribution in [2.75, 3.05) is 7.11 Å². The fourth-order valence-corrected chi connectivity index (χ4v) is 4.14. The van der Waals surface area contributed by atoms with Gasteiger partial charge >= 0.3 is 5.97 Å². The zero-order valence-electron chi connectivity index (χ0n) is 19.8. The number of imidazole rings is 1. The first-order chi connectivity index (χ1) is 16.2. The highest BCUT2D eigenvalue weighted by Crippen LogP contribution is 2.31. The summed E-state index contributed by atoms with van der Waals surface area (Å²) in [5.41, 5.74) is 2.95. The van der Waals surface area contributed by atoms with E-state index < -0.39 is 17.4 Å². The van der Waals surface area contributed by atoms with E-state index in [0.717, 1.165) is 22.3 Å². The third-order valence-corrected chi connectivity index (χ3v) is 6.26. The van der Waals surface area contributed by atoms with Gasteiger partial charge in [-0.3, -0.25) is 9.59 Å². The number of carbonyl (C=O) groups is 3. The molecule has 4 rings (SSSR count). The molecule has 8 heteroatoms. The molecular weight excluding hydrogens is 432 g/mol. The minimum absolute atomic E-state index is 0.0523. The highest BCUT2D eigenvalue weighted by Gasteiger charge is 2.48. The van der Waals surface area contributed by atoms with Crippen LogP contribution < -0.4 is 5.32 Å². The van der Waals surface area contributed by atoms with Crippen LogP contribution in [0.2, 0.25) is 0 Å². The molecule has 0 radical (unpaired) electrons. The highest BCUT2D eigenvalue weighted by atomic mass is 16.5. The summed E-state index contributed by atoms with van der Waals surface area (Å²) in [6.07, 6.45) is 1.41. The number of methoxy groups -OCH3 is 1. The number of nitrogens with one attached hydrogen (secondary N) is 1. The van der Waals surface area contributed by atoms with E-state index in [1.807, 2.05) is 62.4 Å². The standard InChI is InChI=1S/C26H28N4O4/c1-17-5-9-19(10-6-17)13-27-25(33)26(3)15-29-16-28-21(24(32)34-4)22(29)23(31)30(26)14-20-11-7-18(2)8-12-20/h5-12,16H,13-15H2,1-4H3,(H,27,33)/t26-/m1/s1. The van der Waals surface area contributed by atoms with Crippen molar-refractivity contribution in [3.63, 3.8) is 0 Å². The van der Waals surface area contributed by atoms with E-state index in [2.05, 4.69) is 10.3 Å². The first-order valence-electron chi connectivity index (χ1n) is 11.1. The molecule has 176 valence electrons. The van der Waals surface area contributed by atoms with Crippen molar-refractivity contribution in [1.82, 2.24) is 19.8 Å². The van der Waals surface area contributed by atoms with Gasteiger partial charge in [0.2, 0.25) is 5.91 Å². The Morgan fingerprint density at radius 2 is 1.62 bits per heavy atom. The van der Waals surface area contributed by atoms with Crippen molar-refractivity contribution in [3.05, 3.63) is 88.5 Å². The van der Waals surface area contributed by atoms with Crippen LogP contribution in [0.3, 0.4) is 0 Å². The minimum Gasteiger partial charge on any atom is -0.464 e. The quantitative estimate of drug-likeness (QED) is 0.571. The number of benzene rings is 2. The summed E-state index contributed by atoms with van der Waals surface area (Å²) in [5, 5.41) is 2.99. The van der Waals surface area contributed by atoms with Gasteiger partial charge in [0.15, 0.2) is 5.69 Å². The Balaban J connectivity index is 1.68. The molecule has 8 nitrogen and oxygen atoms in total. The summed E-state index contributed by atoms with van der Waals surface area (Å²) in [4.78, 5) is 45.1. The lowest BCUT2D eigenvalue weighted by atomic mass is 9.93. The molecule has 2 aromatic carbocycles. The molecule has 1 atom stereocenters. The predicted molar refractivity (Wildman–Crippen MR) is 126 cm³/mol. The number of esters is 1. The van der Waals surface area contributed by atoms with E-state index in [4.69, 9.17) is 4.74 Å². The van der Waals surface area contributed by atoms with Gasteiger partial charge in [-0.15, -0.1) is 0 Å². The molecule has 34 heavy (non-hydrogen) atoms. The van der Waals surface area contributed by atoms with Gasteiger partial charge in [-0.05, 0) is 31.9 Å². The smallest absolute Gasteiger partial charge is 0.359 e. The fourth-order valence-electron chi connectivity index (χ4n) is 4.14. The second-order valence-corrected chi connectivity index (χ2v) is 8.88. The van der Waals surface area contributed by atoms with E-state index >= 15 is 0 Å². The highest BCUT2D eigenvalue weighted by molar-refractivity contribution is 6.06. The Morgan fingerprint density at radius 1 is 1.03 bits per heavy atom. The van der Waals surface area contributed by atoms with Crippen LogP contribution in [0.25, 0.3) is 0 Å². The Morgan fingerprint density at radius 3 is 2.21 bits per heavy atom. The average Bonchev–Trinajstić information content (AvgIpc) is 3.25. The van der Waals surface area contributed by atoms with Gasteiger partial charge in [0, 0.05) is 13.1 Å². The van der Waals surface area contributed by atoms with Crippen LogP contribution >= 0.6 is 0 Å². The lowest BCUT2D eigenvalue weighted by Gasteiger charge is -2.43. The molecule has 0 saturated heterocycles. The molecule has 0 aliphatic carbocycles. The number of aromatic nitrogens is 2. The van der Waals surface area contributed by atoms with Gasteiger partial charge in [-0.25, -0.2) is 9.78 Å². The third kappa shape index (κ3) is 4.31. The van der Waals surface area contributed by atoms with Gasteiger partial charge in [0.25, 0.3) is 5.91 Å². The molecule has 3 aromatic rings. The number of rotatable bonds is 6. The van der Waals surface area contributed by atoms with Crippen molar-refractivity contribution >= 4 is 17.8 Å². The maximum atomic E-state index is 13.7. The number of carbonyl (C=O) groups excluding carboxylic acids is 3. The van der Waals surface area contributed by atoms with E-state index in [1.54, 1.807) is 11.5 Å². The third-order valence-electron chi connectivity index (χ3n) is 6.26. The Hall–Kier alpha value is -3.94. The zero-order chi connectivity index (χ0) is 24.5. The predicted octanol–water partition coefficient (Wildman–Crippen LogP) is 3.02. The Kier molecular flexibility index (Phi) is 6.24.